The van der Waals surface area contributed by atoms with E-state index in [0.29, 0.717) is 5.02 Å². The van der Waals surface area contributed by atoms with E-state index in [9.17, 15) is 4.79 Å². The highest BCUT2D eigenvalue weighted by atomic mass is 35.5. The number of rotatable bonds is 4. The second-order valence-electron chi connectivity index (χ2n) is 5.99. The van der Waals surface area contributed by atoms with Gasteiger partial charge in [0.2, 0.25) is 5.91 Å². The van der Waals surface area contributed by atoms with Gasteiger partial charge in [0, 0.05) is 18.1 Å². The smallest absolute Gasteiger partial charge is 0.244 e. The molecule has 2 fully saturated rings. The van der Waals surface area contributed by atoms with Crippen LogP contribution in [-0.4, -0.2) is 48.4 Å². The van der Waals surface area contributed by atoms with Gasteiger partial charge >= 0.3 is 0 Å². The van der Waals surface area contributed by atoms with E-state index in [2.05, 4.69) is 10.2 Å². The number of nitrogens with one attached hydrogen (secondary N) is 1. The zero-order chi connectivity index (χ0) is 14.3. The molecule has 1 aliphatic carbocycles. The molecule has 1 saturated heterocycles. The third-order valence-electron chi connectivity index (χ3n) is 4.10. The molecule has 3 rings (SSSR count). The topological polar surface area (TPSA) is 35.6 Å². The first-order valence-electron chi connectivity index (χ1n) is 7.01. The van der Waals surface area contributed by atoms with E-state index in [0.717, 1.165) is 31.5 Å². The number of amides is 1. The highest BCUT2D eigenvalue weighted by molar-refractivity contribution is 6.30. The molecule has 4 nitrogen and oxygen atoms in total. The molecule has 1 amide bonds. The lowest BCUT2D eigenvalue weighted by atomic mass is 10.1. The summed E-state index contributed by atoms with van der Waals surface area (Å²) in [5.74, 6) is 0.240. The minimum Gasteiger partial charge on any atom is -0.320 e. The second kappa shape index (κ2) is 5.02. The molecule has 5 heteroatoms. The van der Waals surface area contributed by atoms with Crippen LogP contribution < -0.4 is 5.32 Å². The van der Waals surface area contributed by atoms with Gasteiger partial charge in [0.05, 0.1) is 0 Å². The fourth-order valence-electron chi connectivity index (χ4n) is 2.76. The van der Waals surface area contributed by atoms with Gasteiger partial charge in [0.1, 0.15) is 11.7 Å². The van der Waals surface area contributed by atoms with Crippen molar-refractivity contribution in [1.82, 2.24) is 15.1 Å². The molecule has 1 aliphatic heterocycles. The maximum Gasteiger partial charge on any atom is 0.244 e. The van der Waals surface area contributed by atoms with Crippen molar-refractivity contribution in [3.05, 3.63) is 34.9 Å². The van der Waals surface area contributed by atoms with Crippen molar-refractivity contribution >= 4 is 17.5 Å². The number of hydrogen-bond acceptors (Lipinski definition) is 3. The molecule has 1 aromatic carbocycles. The molecule has 1 atom stereocenters. The Hall–Kier alpha value is -1.10. The summed E-state index contributed by atoms with van der Waals surface area (Å²) in [4.78, 5) is 16.6. The second-order valence-corrected chi connectivity index (χ2v) is 6.42. The van der Waals surface area contributed by atoms with Crippen molar-refractivity contribution in [2.75, 3.05) is 27.2 Å². The summed E-state index contributed by atoms with van der Waals surface area (Å²) in [5, 5.41) is 4.22. The van der Waals surface area contributed by atoms with Gasteiger partial charge in [-0.25, -0.2) is 0 Å². The van der Waals surface area contributed by atoms with Gasteiger partial charge in [-0.3, -0.25) is 10.1 Å². The van der Waals surface area contributed by atoms with E-state index in [1.54, 1.807) is 0 Å². The normalized spacial score (nSPS) is 23.9. The van der Waals surface area contributed by atoms with Crippen LogP contribution in [0.15, 0.2) is 24.3 Å². The maximum atomic E-state index is 12.6. The van der Waals surface area contributed by atoms with Crippen LogP contribution in [0.2, 0.25) is 5.02 Å². The molecule has 0 radical (unpaired) electrons. The molecule has 1 unspecified atom stereocenters. The Morgan fingerprint density at radius 1 is 1.45 bits per heavy atom. The van der Waals surface area contributed by atoms with E-state index in [4.69, 9.17) is 11.6 Å². The average molecular weight is 294 g/mol. The van der Waals surface area contributed by atoms with Crippen LogP contribution >= 0.6 is 11.6 Å². The molecule has 1 N–H and O–H groups in total. The SMILES string of the molecule is CN(C)CCN1C(=O)C2(CC2)NC1c1cccc(Cl)c1. The Morgan fingerprint density at radius 3 is 2.80 bits per heavy atom. The highest BCUT2D eigenvalue weighted by Crippen LogP contribution is 2.45. The van der Waals surface area contributed by atoms with Gasteiger partial charge in [-0.05, 0) is 44.6 Å². The summed E-state index contributed by atoms with van der Waals surface area (Å²) < 4.78 is 0. The molecule has 1 aromatic rings. The lowest BCUT2D eigenvalue weighted by Gasteiger charge is -2.26. The molecular formula is C15H20ClN3O. The van der Waals surface area contributed by atoms with E-state index in [1.807, 2.05) is 43.3 Å². The van der Waals surface area contributed by atoms with Gasteiger partial charge in [0.25, 0.3) is 0 Å². The Kier molecular flexibility index (Phi) is 3.48. The van der Waals surface area contributed by atoms with Gasteiger partial charge in [0.15, 0.2) is 0 Å². The van der Waals surface area contributed by atoms with Gasteiger partial charge in [-0.1, -0.05) is 23.7 Å². The van der Waals surface area contributed by atoms with E-state index < -0.39 is 0 Å². The fourth-order valence-corrected chi connectivity index (χ4v) is 2.95. The molecular weight excluding hydrogens is 274 g/mol. The van der Waals surface area contributed by atoms with Crippen molar-refractivity contribution < 1.29 is 4.79 Å². The van der Waals surface area contributed by atoms with Crippen molar-refractivity contribution in [2.24, 2.45) is 0 Å². The molecule has 1 heterocycles. The quantitative estimate of drug-likeness (QED) is 0.920. The zero-order valence-electron chi connectivity index (χ0n) is 11.9. The number of likely N-dealkylation sites (N-methyl/N-ethyl adjacent to an activating group) is 1. The predicted molar refractivity (Wildman–Crippen MR) is 79.6 cm³/mol. The molecule has 2 aliphatic rings. The fraction of sp³-hybridized carbons (Fsp3) is 0.533. The van der Waals surface area contributed by atoms with Crippen molar-refractivity contribution in [3.63, 3.8) is 0 Å². The van der Waals surface area contributed by atoms with Crippen LogP contribution in [0.5, 0.6) is 0 Å². The van der Waals surface area contributed by atoms with Crippen molar-refractivity contribution in [1.29, 1.82) is 0 Å². The van der Waals surface area contributed by atoms with Crippen molar-refractivity contribution in [3.8, 4) is 0 Å². The summed E-state index contributed by atoms with van der Waals surface area (Å²) in [7, 11) is 4.05. The van der Waals surface area contributed by atoms with Crippen LogP contribution in [0.1, 0.15) is 24.6 Å². The van der Waals surface area contributed by atoms with Gasteiger partial charge in [-0.15, -0.1) is 0 Å². The summed E-state index contributed by atoms with van der Waals surface area (Å²) in [6.07, 6.45) is 1.84. The number of hydrogen-bond donors (Lipinski definition) is 1. The molecule has 0 bridgehead atoms. The van der Waals surface area contributed by atoms with Crippen LogP contribution in [0.25, 0.3) is 0 Å². The standard InChI is InChI=1S/C15H20ClN3O/c1-18(2)8-9-19-13(11-4-3-5-12(16)10-11)17-15(6-7-15)14(19)20/h3-5,10,13,17H,6-9H2,1-2H3. The summed E-state index contributed by atoms with van der Waals surface area (Å²) in [6, 6.07) is 7.77. The van der Waals surface area contributed by atoms with Crippen molar-refractivity contribution in [2.45, 2.75) is 24.5 Å². The number of nitrogens with zero attached hydrogens (tertiary/aromatic N) is 2. The number of benzene rings is 1. The minimum absolute atomic E-state index is 0.0522. The number of carbonyl (C=O) groups is 1. The minimum atomic E-state index is -0.292. The summed E-state index contributed by atoms with van der Waals surface area (Å²) >= 11 is 6.08. The number of halogens is 1. The summed E-state index contributed by atoms with van der Waals surface area (Å²) in [6.45, 7) is 1.60. The van der Waals surface area contributed by atoms with E-state index in [1.165, 1.54) is 0 Å². The third-order valence-corrected chi connectivity index (χ3v) is 4.33. The third kappa shape index (κ3) is 2.43. The molecule has 108 valence electrons. The first-order valence-corrected chi connectivity index (χ1v) is 7.39. The Bertz CT molecular complexity index is 528. The van der Waals surface area contributed by atoms with E-state index in [-0.39, 0.29) is 17.6 Å². The monoisotopic (exact) mass is 293 g/mol. The molecule has 0 aromatic heterocycles. The zero-order valence-corrected chi connectivity index (χ0v) is 12.7. The molecule has 1 saturated carbocycles. The first-order chi connectivity index (χ1) is 9.52. The van der Waals surface area contributed by atoms with Crippen LogP contribution in [0.4, 0.5) is 0 Å². The number of carbonyl (C=O) groups excluding carboxylic acids is 1. The lowest BCUT2D eigenvalue weighted by Crippen LogP contribution is -2.37. The predicted octanol–water partition coefficient (Wildman–Crippen LogP) is 1.86. The largest absolute Gasteiger partial charge is 0.320 e. The highest BCUT2D eigenvalue weighted by Gasteiger charge is 2.59. The lowest BCUT2D eigenvalue weighted by molar-refractivity contribution is -0.131. The Morgan fingerprint density at radius 2 is 2.20 bits per heavy atom. The average Bonchev–Trinajstić information content (AvgIpc) is 3.12. The van der Waals surface area contributed by atoms with E-state index >= 15 is 0 Å². The molecule has 1 spiro atoms. The van der Waals surface area contributed by atoms with Gasteiger partial charge < -0.3 is 9.80 Å². The molecule has 20 heavy (non-hydrogen) atoms. The summed E-state index contributed by atoms with van der Waals surface area (Å²) in [5.41, 5.74) is 0.771. The van der Waals surface area contributed by atoms with Gasteiger partial charge in [-0.2, -0.15) is 0 Å². The first kappa shape index (κ1) is 13.9. The maximum absolute atomic E-state index is 12.6. The van der Waals surface area contributed by atoms with Crippen LogP contribution in [-0.2, 0) is 4.79 Å². The van der Waals surface area contributed by atoms with Crippen LogP contribution in [0, 0.1) is 0 Å². The Labute approximate surface area is 124 Å². The van der Waals surface area contributed by atoms with Crippen LogP contribution in [0.3, 0.4) is 0 Å². The Balaban J connectivity index is 1.85.